The van der Waals surface area contributed by atoms with Gasteiger partial charge in [-0.2, -0.15) is 0 Å². The van der Waals surface area contributed by atoms with Gasteiger partial charge in [0, 0.05) is 17.5 Å². The Morgan fingerprint density at radius 1 is 1.40 bits per heavy atom. The highest BCUT2D eigenvalue weighted by Crippen LogP contribution is 2.25. The van der Waals surface area contributed by atoms with E-state index in [4.69, 9.17) is 4.74 Å². The van der Waals surface area contributed by atoms with Gasteiger partial charge >= 0.3 is 0 Å². The van der Waals surface area contributed by atoms with Gasteiger partial charge in [0.15, 0.2) is 0 Å². The number of allylic oxidation sites excluding steroid dienone is 3. The molecule has 0 amide bonds. The Morgan fingerprint density at radius 3 is 3.20 bits per heavy atom. The Hall–Kier alpha value is -1.90. The molecule has 0 aromatic carbocycles. The van der Waals surface area contributed by atoms with Gasteiger partial charge in [-0.05, 0) is 24.1 Å². The van der Waals surface area contributed by atoms with Crippen molar-refractivity contribution >= 4 is 5.57 Å². The molecule has 0 radical (unpaired) electrons. The van der Waals surface area contributed by atoms with Crippen LogP contribution in [0.1, 0.15) is 6.42 Å². The summed E-state index contributed by atoms with van der Waals surface area (Å²) in [5.74, 6) is 0.887. The Morgan fingerprint density at radius 2 is 2.33 bits per heavy atom. The molecule has 1 aliphatic heterocycles. The first-order valence-corrected chi connectivity index (χ1v) is 4.86. The minimum Gasteiger partial charge on any atom is -0.497 e. The average molecular weight is 198 g/mol. The van der Waals surface area contributed by atoms with E-state index < -0.39 is 0 Å². The van der Waals surface area contributed by atoms with Crippen molar-refractivity contribution in [1.82, 2.24) is 4.98 Å². The maximum atomic E-state index is 5.19. The number of rotatable bonds is 1. The van der Waals surface area contributed by atoms with Gasteiger partial charge < -0.3 is 4.74 Å². The summed E-state index contributed by atoms with van der Waals surface area (Å²) in [7, 11) is 1.68. The molecule has 0 spiro atoms. The van der Waals surface area contributed by atoms with E-state index in [1.807, 2.05) is 12.1 Å². The zero-order valence-electron chi connectivity index (χ0n) is 8.40. The van der Waals surface area contributed by atoms with Crippen LogP contribution in [0.3, 0.4) is 0 Å². The van der Waals surface area contributed by atoms with Crippen molar-refractivity contribution in [2.75, 3.05) is 7.11 Å². The molecule has 2 aliphatic rings. The third-order valence-electron chi connectivity index (χ3n) is 2.70. The number of pyridine rings is 1. The maximum Gasteiger partial charge on any atom is 0.117 e. The third kappa shape index (κ3) is 1.20. The molecule has 0 saturated heterocycles. The van der Waals surface area contributed by atoms with Crippen molar-refractivity contribution in [3.63, 3.8) is 0 Å². The van der Waals surface area contributed by atoms with Gasteiger partial charge in [-0.15, -0.1) is 0 Å². The van der Waals surface area contributed by atoms with Crippen molar-refractivity contribution < 1.29 is 4.74 Å². The number of hydrogen-bond acceptors (Lipinski definition) is 3. The fraction of sp³-hybridized carbons (Fsp3) is 0.167. The number of ether oxygens (including phenoxy) is 1. The Kier molecular flexibility index (Phi) is 1.71. The van der Waals surface area contributed by atoms with Crippen LogP contribution < -0.4 is 10.6 Å². The van der Waals surface area contributed by atoms with Crippen LogP contribution in [0, 0.1) is 0 Å². The number of aromatic nitrogens is 1. The SMILES string of the molecule is COC1=CCC2=c3ccncc3=NC2=C1. The van der Waals surface area contributed by atoms with Gasteiger partial charge in [-0.3, -0.25) is 4.98 Å². The number of fused-ring (bicyclic) bond motifs is 2. The van der Waals surface area contributed by atoms with Crippen molar-refractivity contribution in [1.29, 1.82) is 0 Å². The largest absolute Gasteiger partial charge is 0.497 e. The number of nitrogens with zero attached hydrogens (tertiary/aromatic N) is 2. The molecule has 1 aromatic rings. The van der Waals surface area contributed by atoms with E-state index in [9.17, 15) is 0 Å². The highest BCUT2D eigenvalue weighted by Gasteiger charge is 2.16. The molecule has 3 rings (SSSR count). The van der Waals surface area contributed by atoms with E-state index >= 15 is 0 Å². The predicted molar refractivity (Wildman–Crippen MR) is 56.2 cm³/mol. The lowest BCUT2D eigenvalue weighted by atomic mass is 10.0. The summed E-state index contributed by atoms with van der Waals surface area (Å²) in [6, 6.07) is 2.01. The molecule has 0 fully saturated rings. The summed E-state index contributed by atoms with van der Waals surface area (Å²) in [6.45, 7) is 0. The summed E-state index contributed by atoms with van der Waals surface area (Å²) >= 11 is 0. The van der Waals surface area contributed by atoms with Crippen molar-refractivity contribution in [3.8, 4) is 0 Å². The standard InChI is InChI=1S/C12H10N2O/c1-15-8-2-3-9-10-4-5-13-7-12(10)14-11(9)6-8/h2,4-7H,3H2,1H3. The monoisotopic (exact) mass is 198 g/mol. The maximum absolute atomic E-state index is 5.19. The van der Waals surface area contributed by atoms with Crippen LogP contribution in [-0.2, 0) is 4.74 Å². The van der Waals surface area contributed by atoms with Crippen molar-refractivity contribution in [2.45, 2.75) is 6.42 Å². The second-order valence-electron chi connectivity index (χ2n) is 3.53. The fourth-order valence-corrected chi connectivity index (χ4v) is 1.94. The van der Waals surface area contributed by atoms with Crippen molar-refractivity contribution in [2.24, 2.45) is 4.99 Å². The second-order valence-corrected chi connectivity index (χ2v) is 3.53. The summed E-state index contributed by atoms with van der Waals surface area (Å²) in [5.41, 5.74) is 2.28. The smallest absolute Gasteiger partial charge is 0.117 e. The van der Waals surface area contributed by atoms with Gasteiger partial charge in [0.1, 0.15) is 5.76 Å². The van der Waals surface area contributed by atoms with Gasteiger partial charge in [0.25, 0.3) is 0 Å². The fourth-order valence-electron chi connectivity index (χ4n) is 1.94. The zero-order chi connectivity index (χ0) is 10.3. The summed E-state index contributed by atoms with van der Waals surface area (Å²) in [4.78, 5) is 8.58. The molecule has 0 saturated carbocycles. The first-order chi connectivity index (χ1) is 7.38. The van der Waals surface area contributed by atoms with E-state index in [1.54, 1.807) is 19.5 Å². The Labute approximate surface area is 87.1 Å². The predicted octanol–water partition coefficient (Wildman–Crippen LogP) is 0.683. The summed E-state index contributed by atoms with van der Waals surface area (Å²) in [6.07, 6.45) is 8.53. The molecule has 1 aliphatic carbocycles. The van der Waals surface area contributed by atoms with Gasteiger partial charge in [-0.25, -0.2) is 4.99 Å². The van der Waals surface area contributed by atoms with Crippen LogP contribution in [0.15, 0.2) is 47.1 Å². The Balaban J connectivity index is 2.25. The Bertz CT molecular complexity index is 596. The molecule has 74 valence electrons. The molecule has 1 aromatic heterocycles. The highest BCUT2D eigenvalue weighted by molar-refractivity contribution is 5.69. The van der Waals surface area contributed by atoms with E-state index in [0.29, 0.717) is 0 Å². The minimum absolute atomic E-state index is 0.884. The molecule has 3 heteroatoms. The number of hydrogen-bond donors (Lipinski definition) is 0. The normalized spacial score (nSPS) is 17.3. The lowest BCUT2D eigenvalue weighted by Gasteiger charge is -2.09. The molecule has 0 N–H and O–H groups in total. The first kappa shape index (κ1) is 8.41. The van der Waals surface area contributed by atoms with Crippen LogP contribution in [0.25, 0.3) is 5.57 Å². The third-order valence-corrected chi connectivity index (χ3v) is 2.70. The molecular formula is C12H10N2O. The highest BCUT2D eigenvalue weighted by atomic mass is 16.5. The quantitative estimate of drug-likeness (QED) is 0.665. The summed E-state index contributed by atoms with van der Waals surface area (Å²) < 4.78 is 5.19. The minimum atomic E-state index is 0.884. The van der Waals surface area contributed by atoms with Gasteiger partial charge in [0.05, 0.1) is 24.4 Å². The molecular weight excluding hydrogens is 188 g/mol. The summed E-state index contributed by atoms with van der Waals surface area (Å²) in [5, 5.41) is 2.16. The van der Waals surface area contributed by atoms with Crippen LogP contribution in [0.2, 0.25) is 0 Å². The molecule has 3 nitrogen and oxygen atoms in total. The van der Waals surface area contributed by atoms with Gasteiger partial charge in [-0.1, -0.05) is 0 Å². The van der Waals surface area contributed by atoms with Gasteiger partial charge in [0.2, 0.25) is 0 Å². The molecule has 0 unspecified atom stereocenters. The van der Waals surface area contributed by atoms with E-state index in [0.717, 1.165) is 23.2 Å². The van der Waals surface area contributed by atoms with E-state index in [2.05, 4.69) is 16.1 Å². The van der Waals surface area contributed by atoms with Crippen molar-refractivity contribution in [3.05, 3.63) is 52.6 Å². The molecule has 2 heterocycles. The van der Waals surface area contributed by atoms with E-state index in [1.165, 1.54) is 10.8 Å². The molecule has 15 heavy (non-hydrogen) atoms. The first-order valence-electron chi connectivity index (χ1n) is 4.86. The van der Waals surface area contributed by atoms with Crippen LogP contribution >= 0.6 is 0 Å². The van der Waals surface area contributed by atoms with Crippen LogP contribution in [0.5, 0.6) is 0 Å². The topological polar surface area (TPSA) is 34.5 Å². The number of methoxy groups -OCH3 is 1. The lowest BCUT2D eigenvalue weighted by Crippen LogP contribution is -2.23. The van der Waals surface area contributed by atoms with E-state index in [-0.39, 0.29) is 0 Å². The zero-order valence-corrected chi connectivity index (χ0v) is 8.40. The molecule has 0 atom stereocenters. The lowest BCUT2D eigenvalue weighted by molar-refractivity contribution is 0.304. The van der Waals surface area contributed by atoms with Crippen LogP contribution in [0.4, 0.5) is 0 Å². The second kappa shape index (κ2) is 3.05. The average Bonchev–Trinajstić information content (AvgIpc) is 2.66. The van der Waals surface area contributed by atoms with Crippen LogP contribution in [-0.4, -0.2) is 12.1 Å². The molecule has 0 bridgehead atoms.